The second kappa shape index (κ2) is 5.87. The molecule has 21 heavy (non-hydrogen) atoms. The highest BCUT2D eigenvalue weighted by atomic mass is 19.4. The fraction of sp³-hybridized carbons (Fsp3) is 0.286. The molecule has 7 heteroatoms. The molecule has 0 aliphatic rings. The number of aromatic nitrogens is 2. The van der Waals surface area contributed by atoms with Crippen molar-refractivity contribution in [1.29, 1.82) is 5.26 Å². The highest BCUT2D eigenvalue weighted by molar-refractivity contribution is 5.43. The van der Waals surface area contributed by atoms with Crippen LogP contribution in [0.4, 0.5) is 13.2 Å². The van der Waals surface area contributed by atoms with E-state index in [-0.39, 0.29) is 17.9 Å². The van der Waals surface area contributed by atoms with Gasteiger partial charge >= 0.3 is 6.18 Å². The van der Waals surface area contributed by atoms with Crippen molar-refractivity contribution < 1.29 is 17.9 Å². The van der Waals surface area contributed by atoms with E-state index in [1.807, 2.05) is 0 Å². The molecule has 1 heterocycles. The van der Waals surface area contributed by atoms with Crippen LogP contribution in [-0.4, -0.2) is 16.2 Å². The molecule has 1 aromatic heterocycles. The first kappa shape index (κ1) is 14.9. The number of hydrogen-bond donors (Lipinski definition) is 0. The summed E-state index contributed by atoms with van der Waals surface area (Å²) in [5, 5.41) is 8.68. The first-order chi connectivity index (χ1) is 9.91. The Bertz CT molecular complexity index is 671. The van der Waals surface area contributed by atoms with Crippen LogP contribution in [0.25, 0.3) is 0 Å². The SMILES string of the molecule is Cc1nccn1CCOc1ccc(C#N)cc1C(F)(F)F. The maximum absolute atomic E-state index is 12.9. The lowest BCUT2D eigenvalue weighted by atomic mass is 10.1. The number of rotatable bonds is 4. The summed E-state index contributed by atoms with van der Waals surface area (Å²) in [4.78, 5) is 4.01. The molecule has 2 aromatic rings. The van der Waals surface area contributed by atoms with E-state index in [9.17, 15) is 13.2 Å². The van der Waals surface area contributed by atoms with Gasteiger partial charge < -0.3 is 9.30 Å². The summed E-state index contributed by atoms with van der Waals surface area (Å²) in [6.45, 7) is 2.26. The van der Waals surface area contributed by atoms with Gasteiger partial charge in [0, 0.05) is 12.4 Å². The van der Waals surface area contributed by atoms with Crippen molar-refractivity contribution >= 4 is 0 Å². The number of benzene rings is 1. The molecule has 0 saturated carbocycles. The van der Waals surface area contributed by atoms with Crippen LogP contribution in [0.1, 0.15) is 17.0 Å². The largest absolute Gasteiger partial charge is 0.491 e. The molecule has 0 spiro atoms. The Morgan fingerprint density at radius 2 is 2.14 bits per heavy atom. The van der Waals surface area contributed by atoms with E-state index in [0.717, 1.165) is 11.9 Å². The molecule has 0 radical (unpaired) electrons. The fourth-order valence-electron chi connectivity index (χ4n) is 1.84. The van der Waals surface area contributed by atoms with E-state index >= 15 is 0 Å². The summed E-state index contributed by atoms with van der Waals surface area (Å²) in [6.07, 6.45) is -1.23. The first-order valence-electron chi connectivity index (χ1n) is 6.13. The molecular formula is C14H12F3N3O. The molecule has 0 fully saturated rings. The summed E-state index contributed by atoms with van der Waals surface area (Å²) in [5.74, 6) is 0.480. The molecule has 0 aliphatic heterocycles. The standard InChI is InChI=1S/C14H12F3N3O/c1-10-19-4-5-20(10)6-7-21-13-3-2-11(9-18)8-12(13)14(15,16)17/h2-5,8H,6-7H2,1H3. The minimum absolute atomic E-state index is 0.0554. The summed E-state index contributed by atoms with van der Waals surface area (Å²) in [5.41, 5.74) is -0.996. The quantitative estimate of drug-likeness (QED) is 0.870. The van der Waals surface area contributed by atoms with Gasteiger partial charge in [-0.2, -0.15) is 18.4 Å². The fourth-order valence-corrected chi connectivity index (χ4v) is 1.84. The summed E-state index contributed by atoms with van der Waals surface area (Å²) in [6, 6.07) is 4.94. The minimum Gasteiger partial charge on any atom is -0.491 e. The maximum Gasteiger partial charge on any atom is 0.420 e. The van der Waals surface area contributed by atoms with Crippen molar-refractivity contribution in [1.82, 2.24) is 9.55 Å². The van der Waals surface area contributed by atoms with Crippen molar-refractivity contribution in [3.05, 3.63) is 47.5 Å². The van der Waals surface area contributed by atoms with E-state index in [0.29, 0.717) is 6.54 Å². The Labute approximate surface area is 119 Å². The molecule has 0 N–H and O–H groups in total. The highest BCUT2D eigenvalue weighted by Crippen LogP contribution is 2.36. The lowest BCUT2D eigenvalue weighted by Crippen LogP contribution is -2.13. The molecule has 0 bridgehead atoms. The smallest absolute Gasteiger partial charge is 0.420 e. The zero-order valence-electron chi connectivity index (χ0n) is 11.2. The van der Waals surface area contributed by atoms with Crippen molar-refractivity contribution in [3.8, 4) is 11.8 Å². The van der Waals surface area contributed by atoms with Crippen LogP contribution < -0.4 is 4.74 Å². The van der Waals surface area contributed by atoms with Crippen LogP contribution >= 0.6 is 0 Å². The number of alkyl halides is 3. The molecule has 0 unspecified atom stereocenters. The Kier molecular flexibility index (Phi) is 4.17. The van der Waals surface area contributed by atoms with Gasteiger partial charge in [-0.25, -0.2) is 4.98 Å². The first-order valence-corrected chi connectivity index (χ1v) is 6.13. The molecule has 4 nitrogen and oxygen atoms in total. The van der Waals surface area contributed by atoms with Gasteiger partial charge in [-0.3, -0.25) is 0 Å². The van der Waals surface area contributed by atoms with E-state index in [1.54, 1.807) is 30.0 Å². The molecule has 2 rings (SSSR count). The number of hydrogen-bond acceptors (Lipinski definition) is 3. The Balaban J connectivity index is 2.13. The average molecular weight is 295 g/mol. The van der Waals surface area contributed by atoms with Crippen molar-refractivity contribution in [3.63, 3.8) is 0 Å². The zero-order valence-corrected chi connectivity index (χ0v) is 11.2. The lowest BCUT2D eigenvalue weighted by molar-refractivity contribution is -0.139. The molecule has 1 aromatic carbocycles. The minimum atomic E-state index is -4.56. The number of nitrogens with zero attached hydrogens (tertiary/aromatic N) is 3. The van der Waals surface area contributed by atoms with Crippen LogP contribution in [0.5, 0.6) is 5.75 Å². The second-order valence-corrected chi connectivity index (χ2v) is 4.34. The number of aryl methyl sites for hydroxylation is 1. The Morgan fingerprint density at radius 1 is 1.38 bits per heavy atom. The number of halogens is 3. The lowest BCUT2D eigenvalue weighted by Gasteiger charge is -2.14. The number of nitriles is 1. The Hall–Kier alpha value is -2.49. The summed E-state index contributed by atoms with van der Waals surface area (Å²) in [7, 11) is 0. The highest BCUT2D eigenvalue weighted by Gasteiger charge is 2.34. The molecular weight excluding hydrogens is 283 g/mol. The third-order valence-corrected chi connectivity index (χ3v) is 2.93. The third kappa shape index (κ3) is 3.54. The van der Waals surface area contributed by atoms with E-state index < -0.39 is 11.7 Å². The normalized spacial score (nSPS) is 11.2. The van der Waals surface area contributed by atoms with Gasteiger partial charge in [0.05, 0.1) is 23.7 Å². The van der Waals surface area contributed by atoms with Crippen molar-refractivity contribution in [2.24, 2.45) is 0 Å². The van der Waals surface area contributed by atoms with Crippen LogP contribution in [0.2, 0.25) is 0 Å². The van der Waals surface area contributed by atoms with Crippen LogP contribution in [0.15, 0.2) is 30.6 Å². The molecule has 110 valence electrons. The van der Waals surface area contributed by atoms with E-state index in [4.69, 9.17) is 10.00 Å². The van der Waals surface area contributed by atoms with Crippen LogP contribution in [0, 0.1) is 18.3 Å². The van der Waals surface area contributed by atoms with Crippen molar-refractivity contribution in [2.75, 3.05) is 6.61 Å². The number of imidazole rings is 1. The van der Waals surface area contributed by atoms with Gasteiger partial charge in [-0.15, -0.1) is 0 Å². The van der Waals surface area contributed by atoms with Crippen LogP contribution in [0.3, 0.4) is 0 Å². The number of ether oxygens (including phenoxy) is 1. The van der Waals surface area contributed by atoms with Gasteiger partial charge in [0.2, 0.25) is 0 Å². The molecule has 0 aliphatic carbocycles. The summed E-state index contributed by atoms with van der Waals surface area (Å²) < 4.78 is 45.8. The van der Waals surface area contributed by atoms with Gasteiger partial charge in [0.1, 0.15) is 18.2 Å². The predicted molar refractivity (Wildman–Crippen MR) is 68.6 cm³/mol. The van der Waals surface area contributed by atoms with Gasteiger partial charge in [-0.05, 0) is 25.1 Å². The predicted octanol–water partition coefficient (Wildman–Crippen LogP) is 3.16. The molecule has 0 saturated heterocycles. The van der Waals surface area contributed by atoms with Gasteiger partial charge in [0.25, 0.3) is 0 Å². The monoisotopic (exact) mass is 295 g/mol. The van der Waals surface area contributed by atoms with Gasteiger partial charge in [-0.1, -0.05) is 0 Å². The van der Waals surface area contributed by atoms with Gasteiger partial charge in [0.15, 0.2) is 0 Å². The zero-order chi connectivity index (χ0) is 15.5. The van der Waals surface area contributed by atoms with Crippen LogP contribution in [-0.2, 0) is 12.7 Å². The van der Waals surface area contributed by atoms with E-state index in [2.05, 4.69) is 4.98 Å². The second-order valence-electron chi connectivity index (χ2n) is 4.34. The molecule has 0 amide bonds. The van der Waals surface area contributed by atoms with E-state index in [1.165, 1.54) is 12.1 Å². The average Bonchev–Trinajstić information content (AvgIpc) is 2.83. The topological polar surface area (TPSA) is 50.8 Å². The Morgan fingerprint density at radius 3 is 2.71 bits per heavy atom. The maximum atomic E-state index is 12.9. The van der Waals surface area contributed by atoms with Crippen molar-refractivity contribution in [2.45, 2.75) is 19.6 Å². The molecule has 0 atom stereocenters. The third-order valence-electron chi connectivity index (χ3n) is 2.93. The summed E-state index contributed by atoms with van der Waals surface area (Å²) >= 11 is 0.